The van der Waals surface area contributed by atoms with Gasteiger partial charge in [0.15, 0.2) is 24.9 Å². The molecule has 0 spiro atoms. The maximum absolute atomic E-state index is 17.1. The molecule has 0 aliphatic carbocycles. The molecule has 376 valence electrons. The average molecular weight is 941 g/mol. The Hall–Kier alpha value is -2.83. The molecule has 5 rings (SSSR count). The Balaban J connectivity index is 1.43. The van der Waals surface area contributed by atoms with E-state index < -0.39 is 116 Å². The molecule has 16 heteroatoms. The summed E-state index contributed by atoms with van der Waals surface area (Å²) in [4.78, 5) is 38.7. The third kappa shape index (κ3) is 11.8. The molecule has 22 atom stereocenters. The number of halogens is 2. The summed E-state index contributed by atoms with van der Waals surface area (Å²) in [6.07, 6.45) is -10.6. The second kappa shape index (κ2) is 23.7. The first-order valence-corrected chi connectivity index (χ1v) is 24.2. The van der Waals surface area contributed by atoms with E-state index in [1.807, 2.05) is 71.9 Å². The molecule has 0 aromatic heterocycles. The number of carbonyl (C=O) groups excluding carboxylic acids is 3. The summed E-state index contributed by atoms with van der Waals surface area (Å²) < 4.78 is 101. The number of hydrogen-bond donors (Lipinski definition) is 0. The highest BCUT2D eigenvalue weighted by atomic mass is 19.1. The third-order valence-electron chi connectivity index (χ3n) is 15.2. The smallest absolute Gasteiger partial charge is 0.369 e. The number of carbonyl (C=O) groups is 3. The molecule has 0 N–H and O–H groups in total. The van der Waals surface area contributed by atoms with E-state index in [2.05, 4.69) is 13.8 Å². The monoisotopic (exact) mass is 941 g/mol. The van der Waals surface area contributed by atoms with Crippen molar-refractivity contribution in [2.24, 2.45) is 47.3 Å². The molecule has 8 unspecified atom stereocenters. The second-order valence-electron chi connectivity index (χ2n) is 19.3. The number of rotatable bonds is 18. The van der Waals surface area contributed by atoms with Crippen molar-refractivity contribution in [3.63, 3.8) is 0 Å². The molecule has 1 aromatic rings. The minimum atomic E-state index is -2.66. The number of hydrogen-bond acceptors (Lipinski definition) is 14. The van der Waals surface area contributed by atoms with E-state index in [1.165, 1.54) is 13.8 Å². The van der Waals surface area contributed by atoms with Crippen molar-refractivity contribution in [2.75, 3.05) is 13.7 Å². The van der Waals surface area contributed by atoms with Gasteiger partial charge in [-0.1, -0.05) is 106 Å². The minimum Gasteiger partial charge on any atom is -0.465 e. The van der Waals surface area contributed by atoms with Crippen molar-refractivity contribution in [1.82, 2.24) is 0 Å². The van der Waals surface area contributed by atoms with E-state index in [9.17, 15) is 14.4 Å². The molecule has 1 aromatic carbocycles. The zero-order chi connectivity index (χ0) is 48.8. The molecule has 4 heterocycles. The summed E-state index contributed by atoms with van der Waals surface area (Å²) in [7, 11) is 1.10. The number of esters is 3. The van der Waals surface area contributed by atoms with Gasteiger partial charge < -0.3 is 52.1 Å². The lowest BCUT2D eigenvalue weighted by Gasteiger charge is -2.51. The lowest BCUT2D eigenvalue weighted by Crippen LogP contribution is -2.67. The van der Waals surface area contributed by atoms with Crippen LogP contribution in [0.25, 0.3) is 0 Å². The Labute approximate surface area is 391 Å². The van der Waals surface area contributed by atoms with Gasteiger partial charge in [0.1, 0.15) is 24.4 Å². The van der Waals surface area contributed by atoms with Crippen LogP contribution in [0.2, 0.25) is 0 Å². The highest BCUT2D eigenvalue weighted by molar-refractivity contribution is 5.79. The van der Waals surface area contributed by atoms with Gasteiger partial charge in [0.2, 0.25) is 6.36 Å². The molecule has 4 fully saturated rings. The molecule has 4 saturated heterocycles. The third-order valence-corrected chi connectivity index (χ3v) is 15.2. The molecular weight excluding hydrogens is 863 g/mol. The van der Waals surface area contributed by atoms with Crippen molar-refractivity contribution in [2.45, 2.75) is 202 Å². The zero-order valence-corrected chi connectivity index (χ0v) is 41.5. The first-order chi connectivity index (χ1) is 31.2. The van der Waals surface area contributed by atoms with Crippen molar-refractivity contribution >= 4 is 17.9 Å². The maximum Gasteiger partial charge on any atom is 0.369 e. The van der Waals surface area contributed by atoms with Crippen LogP contribution >= 0.6 is 0 Å². The summed E-state index contributed by atoms with van der Waals surface area (Å²) in [5, 5.41) is 0. The molecule has 0 saturated carbocycles. The molecule has 0 amide bonds. The number of alkyl halides is 2. The molecular formula is C50H78F2O14. The van der Waals surface area contributed by atoms with Crippen LogP contribution in [0.15, 0.2) is 30.3 Å². The summed E-state index contributed by atoms with van der Waals surface area (Å²) in [5.41, 5.74) is 0.916. The van der Waals surface area contributed by atoms with Gasteiger partial charge in [-0.15, -0.1) is 0 Å². The summed E-state index contributed by atoms with van der Waals surface area (Å²) in [6, 6.07) is 9.62. The highest BCUT2D eigenvalue weighted by Crippen LogP contribution is 2.46. The van der Waals surface area contributed by atoms with Crippen molar-refractivity contribution < 1.29 is 75.3 Å². The van der Waals surface area contributed by atoms with Gasteiger partial charge >= 0.3 is 23.7 Å². The average Bonchev–Trinajstić information content (AvgIpc) is 3.29. The van der Waals surface area contributed by atoms with Gasteiger partial charge in [-0.3, -0.25) is 9.59 Å². The number of ether oxygens (including phenoxy) is 11. The summed E-state index contributed by atoms with van der Waals surface area (Å²) in [5.74, 6) is -7.49. The molecule has 4 aliphatic heterocycles. The maximum atomic E-state index is 17.1. The first kappa shape index (κ1) is 54.1. The fourth-order valence-corrected chi connectivity index (χ4v) is 10.2. The van der Waals surface area contributed by atoms with Crippen LogP contribution in [0.1, 0.15) is 115 Å². The molecule has 0 radical (unpaired) electrons. The van der Waals surface area contributed by atoms with Crippen molar-refractivity contribution in [3.8, 4) is 0 Å². The molecule has 0 bridgehead atoms. The molecule has 66 heavy (non-hydrogen) atoms. The SMILES string of the molecule is CCC1O[C@H](F)C(O[C@@H]2OC(CC)[C@@H](O[C@@H]3OC(CO[C@@]4(C(=O)OC)OC([C@H](OC(C)=O)[C@@H](CC)OC(C)=O)[C@H](C)[C@H](C)C4F)[C@H](OCc4ccccc4)[C@H](C)C3C)[C@H](C)C2C)[C@@H](C)[C@@H]1C. The number of benzene rings is 1. The highest BCUT2D eigenvalue weighted by Gasteiger charge is 2.63. The van der Waals surface area contributed by atoms with Crippen molar-refractivity contribution in [1.29, 1.82) is 0 Å². The van der Waals surface area contributed by atoms with E-state index in [0.29, 0.717) is 12.8 Å². The van der Waals surface area contributed by atoms with E-state index in [4.69, 9.17) is 52.1 Å². The quantitative estimate of drug-likeness (QED) is 0.102. The molecule has 4 aliphatic rings. The van der Waals surface area contributed by atoms with Gasteiger partial charge in [-0.2, -0.15) is 0 Å². The van der Waals surface area contributed by atoms with E-state index >= 15 is 8.78 Å². The second-order valence-corrected chi connectivity index (χ2v) is 19.3. The van der Waals surface area contributed by atoms with Crippen LogP contribution in [0.5, 0.6) is 0 Å². The van der Waals surface area contributed by atoms with E-state index in [1.54, 1.807) is 20.8 Å². The first-order valence-electron chi connectivity index (χ1n) is 24.2. The Kier molecular flexibility index (Phi) is 19.4. The van der Waals surface area contributed by atoms with Crippen LogP contribution in [-0.2, 0) is 73.1 Å². The number of methoxy groups -OCH3 is 1. The lowest BCUT2D eigenvalue weighted by atomic mass is 9.77. The van der Waals surface area contributed by atoms with Crippen LogP contribution in [0.3, 0.4) is 0 Å². The summed E-state index contributed by atoms with van der Waals surface area (Å²) in [6.45, 7) is 23.5. The van der Waals surface area contributed by atoms with Crippen LogP contribution in [0.4, 0.5) is 8.78 Å². The largest absolute Gasteiger partial charge is 0.465 e. The standard InChI is InChI=1S/C50H78F2O14/c1-15-36-25(4)26(5)43(46(52)61-36)65-47-32(11)29(8)41(37(16-2)62-47)64-48-31(10)28(7)40(57-23-35-21-19-18-20-22-35)39(63-48)24-58-50(49(55)56-14)45(51)30(9)27(6)42(66-50)44(60-34(13)54)38(17-3)59-33(12)53/h18-22,25-32,36-48H,15-17,23-24H2,1-14H3/t25-,26-,27+,28+,29+,30-,31?,32?,36?,37?,38+,39?,40+,41-,42?,43?,44+,45?,46-,47-,48-,50+/m0/s1. The predicted molar refractivity (Wildman–Crippen MR) is 238 cm³/mol. The van der Waals surface area contributed by atoms with Gasteiger partial charge in [-0.25, -0.2) is 13.6 Å². The van der Waals surface area contributed by atoms with E-state index in [0.717, 1.165) is 12.7 Å². The van der Waals surface area contributed by atoms with Crippen LogP contribution in [-0.4, -0.2) is 117 Å². The van der Waals surface area contributed by atoms with E-state index in [-0.39, 0.29) is 54.6 Å². The van der Waals surface area contributed by atoms with Crippen LogP contribution < -0.4 is 0 Å². The van der Waals surface area contributed by atoms with Gasteiger partial charge in [-0.05, 0) is 60.3 Å². The summed E-state index contributed by atoms with van der Waals surface area (Å²) >= 11 is 0. The normalized spacial score (nSPS) is 41.6. The van der Waals surface area contributed by atoms with Gasteiger partial charge in [0.05, 0.1) is 44.7 Å². The topological polar surface area (TPSA) is 153 Å². The van der Waals surface area contributed by atoms with Crippen molar-refractivity contribution in [3.05, 3.63) is 35.9 Å². The predicted octanol–water partition coefficient (Wildman–Crippen LogP) is 8.29. The van der Waals surface area contributed by atoms with Gasteiger partial charge in [0.25, 0.3) is 0 Å². The van der Waals surface area contributed by atoms with Crippen LogP contribution in [0, 0.1) is 47.3 Å². The zero-order valence-electron chi connectivity index (χ0n) is 41.5. The Bertz CT molecular complexity index is 1710. The fraction of sp³-hybridized carbons (Fsp3) is 0.820. The van der Waals surface area contributed by atoms with Gasteiger partial charge in [0, 0.05) is 25.7 Å². The Morgan fingerprint density at radius 3 is 1.79 bits per heavy atom. The molecule has 14 nitrogen and oxygen atoms in total. The Morgan fingerprint density at radius 2 is 1.23 bits per heavy atom. The minimum absolute atomic E-state index is 0.0974. The Morgan fingerprint density at radius 1 is 0.667 bits per heavy atom. The lowest BCUT2D eigenvalue weighted by molar-refractivity contribution is -0.364. The fourth-order valence-electron chi connectivity index (χ4n) is 10.2.